The Morgan fingerprint density at radius 3 is 2.26 bits per heavy atom. The predicted octanol–water partition coefficient (Wildman–Crippen LogP) is 4.69. The maximum atomic E-state index is 13.2. The largest absolute Gasteiger partial charge is 0.493 e. The first-order valence-electron chi connectivity index (χ1n) is 11.5. The van der Waals surface area contributed by atoms with E-state index in [1.54, 1.807) is 0 Å². The number of hydrogen-bond acceptors (Lipinski definition) is 8. The summed E-state index contributed by atoms with van der Waals surface area (Å²) in [4.78, 5) is 26.1. The van der Waals surface area contributed by atoms with Crippen LogP contribution in [-0.4, -0.2) is 44.8 Å². The van der Waals surface area contributed by atoms with Gasteiger partial charge in [-0.1, -0.05) is 0 Å². The van der Waals surface area contributed by atoms with Gasteiger partial charge >= 0.3 is 5.97 Å². The number of benzene rings is 2. The van der Waals surface area contributed by atoms with E-state index in [0.29, 0.717) is 39.9 Å². The Labute approximate surface area is 203 Å². The second kappa shape index (κ2) is 8.22. The van der Waals surface area contributed by atoms with Crippen molar-refractivity contribution in [2.24, 2.45) is 0 Å². The molecule has 35 heavy (non-hydrogen) atoms. The number of esters is 1. The first-order chi connectivity index (χ1) is 16.7. The van der Waals surface area contributed by atoms with Gasteiger partial charge < -0.3 is 28.4 Å². The zero-order valence-corrected chi connectivity index (χ0v) is 20.6. The van der Waals surface area contributed by atoms with E-state index in [0.717, 1.165) is 5.56 Å². The Hall–Kier alpha value is -3.68. The topological polar surface area (TPSA) is 89.5 Å². The highest BCUT2D eigenvalue weighted by Gasteiger charge is 2.43. The highest BCUT2D eigenvalue weighted by molar-refractivity contribution is 6.06. The molecule has 0 saturated heterocycles. The third kappa shape index (κ3) is 3.68. The van der Waals surface area contributed by atoms with Crippen molar-refractivity contribution in [2.75, 3.05) is 21.3 Å². The van der Waals surface area contributed by atoms with Crippen molar-refractivity contribution < 1.29 is 38.0 Å². The summed E-state index contributed by atoms with van der Waals surface area (Å²) in [7, 11) is 4.61. The molecule has 184 valence electrons. The molecule has 0 N–H and O–H groups in total. The SMILES string of the molecule is COc1cc(C2CC(=O)Oc3c4c(c5c(c32)OC(C)(C)C=C5)OC(C)CC4=O)cc(OC)c1OC. The first-order valence-corrected chi connectivity index (χ1v) is 11.5. The molecule has 5 rings (SSSR count). The van der Waals surface area contributed by atoms with E-state index in [9.17, 15) is 9.59 Å². The van der Waals surface area contributed by atoms with Crippen molar-refractivity contribution in [2.45, 2.75) is 51.2 Å². The lowest BCUT2D eigenvalue weighted by atomic mass is 9.80. The van der Waals surface area contributed by atoms with Gasteiger partial charge in [0.15, 0.2) is 23.0 Å². The van der Waals surface area contributed by atoms with Crippen LogP contribution in [0.25, 0.3) is 6.08 Å². The standard InChI is InChI=1S/C27H28O8/c1-13-9-17(28)22-23(33-13)15-7-8-27(2,3)35-24(15)21-16(12-20(29)34-26(21)22)14-10-18(30-4)25(32-6)19(11-14)31-5/h7-8,10-11,13,16H,9,12H2,1-6H3. The molecule has 0 aliphatic carbocycles. The first kappa shape index (κ1) is 23.1. The fourth-order valence-corrected chi connectivity index (χ4v) is 4.98. The molecule has 2 unspecified atom stereocenters. The van der Waals surface area contributed by atoms with E-state index >= 15 is 0 Å². The number of hydrogen-bond donors (Lipinski definition) is 0. The maximum absolute atomic E-state index is 13.2. The van der Waals surface area contributed by atoms with E-state index < -0.39 is 17.5 Å². The number of carbonyl (C=O) groups is 2. The molecule has 3 aliphatic rings. The number of fused-ring (bicyclic) bond motifs is 6. The second-order valence-corrected chi connectivity index (χ2v) is 9.47. The van der Waals surface area contributed by atoms with E-state index in [-0.39, 0.29) is 36.0 Å². The zero-order valence-electron chi connectivity index (χ0n) is 20.6. The third-order valence-electron chi connectivity index (χ3n) is 6.54. The normalized spacial score (nSPS) is 21.5. The lowest BCUT2D eigenvalue weighted by Gasteiger charge is -2.37. The summed E-state index contributed by atoms with van der Waals surface area (Å²) in [6.45, 7) is 5.72. The lowest BCUT2D eigenvalue weighted by Crippen LogP contribution is -2.33. The minimum Gasteiger partial charge on any atom is -0.493 e. The summed E-state index contributed by atoms with van der Waals surface area (Å²) in [5.74, 6) is 1.46. The van der Waals surface area contributed by atoms with Crippen LogP contribution in [-0.2, 0) is 4.79 Å². The average Bonchev–Trinajstić information content (AvgIpc) is 2.81. The Kier molecular flexibility index (Phi) is 5.42. The van der Waals surface area contributed by atoms with Crippen molar-refractivity contribution in [3.63, 3.8) is 0 Å². The van der Waals surface area contributed by atoms with Gasteiger partial charge in [0.1, 0.15) is 28.8 Å². The van der Waals surface area contributed by atoms with Gasteiger partial charge in [-0.25, -0.2) is 0 Å². The molecule has 0 aromatic heterocycles. The molecule has 0 amide bonds. The van der Waals surface area contributed by atoms with Crippen molar-refractivity contribution in [3.05, 3.63) is 40.5 Å². The number of ether oxygens (including phenoxy) is 6. The van der Waals surface area contributed by atoms with Crippen molar-refractivity contribution in [3.8, 4) is 34.5 Å². The summed E-state index contributed by atoms with van der Waals surface area (Å²) in [6, 6.07) is 3.62. The molecule has 2 aromatic rings. The van der Waals surface area contributed by atoms with Gasteiger partial charge in [0.2, 0.25) is 5.75 Å². The summed E-state index contributed by atoms with van der Waals surface area (Å²) in [5, 5.41) is 0. The number of methoxy groups -OCH3 is 3. The summed E-state index contributed by atoms with van der Waals surface area (Å²) < 4.78 is 34.9. The fraction of sp³-hybridized carbons (Fsp3) is 0.407. The van der Waals surface area contributed by atoms with Crippen LogP contribution < -0.4 is 28.4 Å². The predicted molar refractivity (Wildman–Crippen MR) is 127 cm³/mol. The zero-order chi connectivity index (χ0) is 25.1. The molecule has 0 saturated carbocycles. The molecule has 0 bridgehead atoms. The molecule has 8 heteroatoms. The molecule has 3 heterocycles. The summed E-state index contributed by atoms with van der Waals surface area (Å²) in [5.41, 5.74) is 1.73. The van der Waals surface area contributed by atoms with Gasteiger partial charge in [-0.2, -0.15) is 0 Å². The van der Waals surface area contributed by atoms with Crippen molar-refractivity contribution >= 4 is 17.8 Å². The van der Waals surface area contributed by atoms with Crippen LogP contribution in [0.5, 0.6) is 34.5 Å². The highest BCUT2D eigenvalue weighted by atomic mass is 16.5. The fourth-order valence-electron chi connectivity index (χ4n) is 4.98. The molecule has 2 aromatic carbocycles. The number of rotatable bonds is 4. The van der Waals surface area contributed by atoms with E-state index in [4.69, 9.17) is 28.4 Å². The van der Waals surface area contributed by atoms with Gasteiger partial charge in [-0.05, 0) is 50.6 Å². The van der Waals surface area contributed by atoms with Crippen LogP contribution >= 0.6 is 0 Å². The Balaban J connectivity index is 1.82. The molecule has 2 atom stereocenters. The molecular weight excluding hydrogens is 452 g/mol. The monoisotopic (exact) mass is 480 g/mol. The van der Waals surface area contributed by atoms with Crippen LogP contribution in [0.3, 0.4) is 0 Å². The minimum absolute atomic E-state index is 0.0514. The number of Topliss-reactive ketones (excluding diaryl/α,β-unsaturated/α-hetero) is 1. The van der Waals surface area contributed by atoms with E-state index in [1.807, 2.05) is 45.1 Å². The van der Waals surface area contributed by atoms with E-state index in [2.05, 4.69) is 0 Å². The van der Waals surface area contributed by atoms with Gasteiger partial charge in [0.25, 0.3) is 0 Å². The third-order valence-corrected chi connectivity index (χ3v) is 6.54. The maximum Gasteiger partial charge on any atom is 0.312 e. The molecular formula is C27H28O8. The van der Waals surface area contributed by atoms with Gasteiger partial charge in [-0.3, -0.25) is 9.59 Å². The average molecular weight is 481 g/mol. The Morgan fingerprint density at radius 1 is 0.943 bits per heavy atom. The molecule has 0 radical (unpaired) electrons. The smallest absolute Gasteiger partial charge is 0.312 e. The molecule has 8 nitrogen and oxygen atoms in total. The van der Waals surface area contributed by atoms with Crippen LogP contribution in [0.15, 0.2) is 18.2 Å². The van der Waals surface area contributed by atoms with Crippen LogP contribution in [0.1, 0.15) is 66.6 Å². The summed E-state index contributed by atoms with van der Waals surface area (Å²) in [6.07, 6.45) is 3.80. The van der Waals surface area contributed by atoms with Gasteiger partial charge in [0, 0.05) is 17.9 Å². The van der Waals surface area contributed by atoms with Crippen LogP contribution in [0.2, 0.25) is 0 Å². The molecule has 3 aliphatic heterocycles. The summed E-state index contributed by atoms with van der Waals surface area (Å²) >= 11 is 0. The minimum atomic E-state index is -0.611. The second-order valence-electron chi connectivity index (χ2n) is 9.47. The van der Waals surface area contributed by atoms with Crippen LogP contribution in [0, 0.1) is 0 Å². The number of carbonyl (C=O) groups excluding carboxylic acids is 2. The Morgan fingerprint density at radius 2 is 1.63 bits per heavy atom. The Bertz CT molecular complexity index is 1250. The highest BCUT2D eigenvalue weighted by Crippen LogP contribution is 2.56. The van der Waals surface area contributed by atoms with Gasteiger partial charge in [-0.15, -0.1) is 0 Å². The lowest BCUT2D eigenvalue weighted by molar-refractivity contribution is -0.135. The van der Waals surface area contributed by atoms with E-state index in [1.165, 1.54) is 21.3 Å². The van der Waals surface area contributed by atoms with Crippen molar-refractivity contribution in [1.82, 2.24) is 0 Å². The van der Waals surface area contributed by atoms with Crippen molar-refractivity contribution in [1.29, 1.82) is 0 Å². The van der Waals surface area contributed by atoms with Crippen LogP contribution in [0.4, 0.5) is 0 Å². The molecule has 0 fully saturated rings. The quantitative estimate of drug-likeness (QED) is 0.460. The molecule has 0 spiro atoms. The number of ketones is 1. The van der Waals surface area contributed by atoms with Gasteiger partial charge in [0.05, 0.1) is 33.3 Å².